The van der Waals surface area contributed by atoms with Gasteiger partial charge >= 0.3 is 0 Å². The number of carbonyl (C=O) groups excluding carboxylic acids is 1. The van der Waals surface area contributed by atoms with Gasteiger partial charge < -0.3 is 5.32 Å². The predicted molar refractivity (Wildman–Crippen MR) is 65.6 cm³/mol. The first kappa shape index (κ1) is 11.4. The molecule has 3 nitrogen and oxygen atoms in total. The molecular formula is C12H15ClN2O. The van der Waals surface area contributed by atoms with Crippen LogP contribution in [0.25, 0.3) is 0 Å². The normalized spacial score (nSPS) is 14.8. The minimum atomic E-state index is 0.109. The molecule has 1 aliphatic heterocycles. The summed E-state index contributed by atoms with van der Waals surface area (Å²) >= 11 is 5.73. The van der Waals surface area contributed by atoms with Gasteiger partial charge in [-0.1, -0.05) is 12.1 Å². The minimum Gasteiger partial charge on any atom is -0.326 e. The van der Waals surface area contributed by atoms with Gasteiger partial charge in [-0.2, -0.15) is 0 Å². The van der Waals surface area contributed by atoms with E-state index >= 15 is 0 Å². The van der Waals surface area contributed by atoms with Crippen molar-refractivity contribution in [1.82, 2.24) is 4.90 Å². The number of hydrogen-bond donors (Lipinski definition) is 1. The fraction of sp³-hybridized carbons (Fsp3) is 0.417. The van der Waals surface area contributed by atoms with Crippen molar-refractivity contribution in [3.63, 3.8) is 0 Å². The lowest BCUT2D eigenvalue weighted by Gasteiger charge is -2.19. The molecule has 4 heteroatoms. The number of fused-ring (bicyclic) bond motifs is 1. The zero-order chi connectivity index (χ0) is 11.5. The molecule has 1 amide bonds. The van der Waals surface area contributed by atoms with Gasteiger partial charge in [-0.25, -0.2) is 0 Å². The summed E-state index contributed by atoms with van der Waals surface area (Å²) in [5.74, 6) is 0.109. The van der Waals surface area contributed by atoms with Crippen LogP contribution in [0.15, 0.2) is 18.2 Å². The van der Waals surface area contributed by atoms with Crippen LogP contribution in [0.4, 0.5) is 5.69 Å². The molecule has 0 fully saturated rings. The molecule has 1 aliphatic rings. The largest absolute Gasteiger partial charge is 0.326 e. The van der Waals surface area contributed by atoms with Crippen LogP contribution < -0.4 is 5.32 Å². The number of nitrogens with zero attached hydrogens (tertiary/aromatic N) is 1. The molecule has 0 saturated carbocycles. The van der Waals surface area contributed by atoms with E-state index in [-0.39, 0.29) is 5.91 Å². The van der Waals surface area contributed by atoms with Crippen LogP contribution in [0, 0.1) is 0 Å². The Morgan fingerprint density at radius 3 is 3.00 bits per heavy atom. The molecule has 0 aliphatic carbocycles. The second kappa shape index (κ2) is 4.85. The van der Waals surface area contributed by atoms with Gasteiger partial charge in [0.05, 0.1) is 6.00 Å². The van der Waals surface area contributed by atoms with Gasteiger partial charge in [-0.15, -0.1) is 11.6 Å². The Morgan fingerprint density at radius 1 is 1.44 bits per heavy atom. The molecule has 0 bridgehead atoms. The highest BCUT2D eigenvalue weighted by Crippen LogP contribution is 2.23. The van der Waals surface area contributed by atoms with Gasteiger partial charge in [0.1, 0.15) is 0 Å². The molecule has 86 valence electrons. The van der Waals surface area contributed by atoms with Gasteiger partial charge in [0.2, 0.25) is 5.91 Å². The van der Waals surface area contributed by atoms with Crippen LogP contribution in [0.5, 0.6) is 0 Å². The Balaban J connectivity index is 2.16. The lowest BCUT2D eigenvalue weighted by Crippen LogP contribution is -2.20. The molecule has 1 aromatic carbocycles. The summed E-state index contributed by atoms with van der Waals surface area (Å²) in [6.07, 6.45) is 1.42. The van der Waals surface area contributed by atoms with Crippen LogP contribution in [0.1, 0.15) is 17.5 Å². The highest BCUT2D eigenvalue weighted by atomic mass is 35.5. The third-order valence-corrected chi connectivity index (χ3v) is 3.13. The van der Waals surface area contributed by atoms with Crippen molar-refractivity contribution >= 4 is 23.2 Å². The number of rotatable bonds is 3. The zero-order valence-corrected chi connectivity index (χ0v) is 10.0. The Morgan fingerprint density at radius 2 is 2.25 bits per heavy atom. The van der Waals surface area contributed by atoms with E-state index in [2.05, 4.69) is 11.4 Å². The quantitative estimate of drug-likeness (QED) is 0.647. The molecule has 0 saturated heterocycles. The fourth-order valence-electron chi connectivity index (χ4n) is 1.89. The molecule has 1 aromatic rings. The monoisotopic (exact) mass is 238 g/mol. The number of halogens is 1. The SMILES string of the molecule is CN(CCl)Cc1ccc2c(c1)CCC(=O)N2. The van der Waals surface area contributed by atoms with E-state index in [0.29, 0.717) is 12.4 Å². The Bertz CT molecular complexity index is 406. The second-order valence-corrected chi connectivity index (χ2v) is 4.41. The Labute approximate surface area is 100 Å². The summed E-state index contributed by atoms with van der Waals surface area (Å²) in [5, 5.41) is 2.88. The van der Waals surface area contributed by atoms with Crippen LogP contribution in [0.2, 0.25) is 0 Å². The molecular weight excluding hydrogens is 224 g/mol. The van der Waals surface area contributed by atoms with Crippen molar-refractivity contribution < 1.29 is 4.79 Å². The first-order valence-corrected chi connectivity index (χ1v) is 5.88. The Kier molecular flexibility index (Phi) is 3.46. The summed E-state index contributed by atoms with van der Waals surface area (Å²) in [6.45, 7) is 0.838. The summed E-state index contributed by atoms with van der Waals surface area (Å²) in [6, 6.07) is 6.68. The first-order valence-electron chi connectivity index (χ1n) is 5.35. The summed E-state index contributed by atoms with van der Waals surface area (Å²) in [5.41, 5.74) is 3.41. The third kappa shape index (κ3) is 2.54. The number of aryl methyl sites for hydroxylation is 1. The van der Waals surface area contributed by atoms with Gasteiger partial charge in [0.15, 0.2) is 0 Å². The predicted octanol–water partition coefficient (Wildman–Crippen LogP) is 2.20. The summed E-state index contributed by atoms with van der Waals surface area (Å²) in [4.78, 5) is 13.2. The molecule has 0 atom stereocenters. The maximum Gasteiger partial charge on any atom is 0.224 e. The molecule has 16 heavy (non-hydrogen) atoms. The standard InChI is InChI=1S/C12H15ClN2O/c1-15(8-13)7-9-2-4-11-10(6-9)3-5-12(16)14-11/h2,4,6H,3,5,7-8H2,1H3,(H,14,16). The molecule has 1 N–H and O–H groups in total. The molecule has 1 heterocycles. The van der Waals surface area contributed by atoms with E-state index in [4.69, 9.17) is 11.6 Å². The smallest absolute Gasteiger partial charge is 0.224 e. The highest BCUT2D eigenvalue weighted by molar-refractivity contribution is 6.17. The summed E-state index contributed by atoms with van der Waals surface area (Å²) < 4.78 is 0. The van der Waals surface area contributed by atoms with Crippen LogP contribution in [-0.4, -0.2) is 23.9 Å². The molecule has 0 radical (unpaired) electrons. The van der Waals surface area contributed by atoms with Crippen LogP contribution in [-0.2, 0) is 17.8 Å². The van der Waals surface area contributed by atoms with E-state index in [9.17, 15) is 4.79 Å². The van der Waals surface area contributed by atoms with E-state index in [1.54, 1.807) is 0 Å². The number of alkyl halides is 1. The van der Waals surface area contributed by atoms with Crippen molar-refractivity contribution in [2.45, 2.75) is 19.4 Å². The zero-order valence-electron chi connectivity index (χ0n) is 9.29. The van der Waals surface area contributed by atoms with E-state index in [0.717, 1.165) is 18.7 Å². The van der Waals surface area contributed by atoms with Crippen molar-refractivity contribution in [2.75, 3.05) is 18.4 Å². The molecule has 2 rings (SSSR count). The van der Waals surface area contributed by atoms with Crippen molar-refractivity contribution in [2.24, 2.45) is 0 Å². The van der Waals surface area contributed by atoms with Gasteiger partial charge in [-0.3, -0.25) is 9.69 Å². The number of carbonyl (C=O) groups is 1. The van der Waals surface area contributed by atoms with Crippen molar-refractivity contribution in [1.29, 1.82) is 0 Å². The Hall–Kier alpha value is -1.06. The summed E-state index contributed by atoms with van der Waals surface area (Å²) in [7, 11) is 1.98. The topological polar surface area (TPSA) is 32.3 Å². The number of hydrogen-bond acceptors (Lipinski definition) is 2. The van der Waals surface area contributed by atoms with E-state index < -0.39 is 0 Å². The number of amides is 1. The maximum atomic E-state index is 11.2. The molecule has 0 aromatic heterocycles. The second-order valence-electron chi connectivity index (χ2n) is 4.17. The lowest BCUT2D eigenvalue weighted by molar-refractivity contribution is -0.116. The number of benzene rings is 1. The average Bonchev–Trinajstić information content (AvgIpc) is 2.29. The van der Waals surface area contributed by atoms with Crippen LogP contribution >= 0.6 is 11.6 Å². The van der Waals surface area contributed by atoms with Gasteiger partial charge in [0.25, 0.3) is 0 Å². The minimum absolute atomic E-state index is 0.109. The fourth-order valence-corrected chi connectivity index (χ4v) is 1.97. The average molecular weight is 239 g/mol. The van der Waals surface area contributed by atoms with Crippen LogP contribution in [0.3, 0.4) is 0 Å². The van der Waals surface area contributed by atoms with Crippen molar-refractivity contribution in [3.8, 4) is 0 Å². The van der Waals surface area contributed by atoms with Gasteiger partial charge in [0, 0.05) is 18.7 Å². The molecule has 0 unspecified atom stereocenters. The maximum absolute atomic E-state index is 11.2. The molecule has 0 spiro atoms. The van der Waals surface area contributed by atoms with Gasteiger partial charge in [-0.05, 0) is 30.7 Å². The van der Waals surface area contributed by atoms with Crippen molar-refractivity contribution in [3.05, 3.63) is 29.3 Å². The third-order valence-electron chi connectivity index (χ3n) is 2.72. The van der Waals surface area contributed by atoms with E-state index in [1.165, 1.54) is 11.1 Å². The number of nitrogens with one attached hydrogen (secondary N) is 1. The van der Waals surface area contributed by atoms with E-state index in [1.807, 2.05) is 24.1 Å². The number of anilines is 1. The first-order chi connectivity index (χ1) is 7.69. The highest BCUT2D eigenvalue weighted by Gasteiger charge is 2.14. The lowest BCUT2D eigenvalue weighted by atomic mass is 10.0.